The van der Waals surface area contributed by atoms with Crippen molar-refractivity contribution in [3.05, 3.63) is 36.3 Å². The van der Waals surface area contributed by atoms with Gasteiger partial charge in [0.2, 0.25) is 5.91 Å². The van der Waals surface area contributed by atoms with Crippen LogP contribution in [0.3, 0.4) is 0 Å². The normalized spacial score (nSPS) is 17.6. The highest BCUT2D eigenvalue weighted by Crippen LogP contribution is 2.32. The van der Waals surface area contributed by atoms with Crippen molar-refractivity contribution in [2.75, 3.05) is 19.4 Å². The Hall–Kier alpha value is -3.03. The number of imidazole rings is 1. The first-order chi connectivity index (χ1) is 13.4. The number of benzene rings is 1. The molecule has 1 aromatic carbocycles. The smallest absolute Gasteiger partial charge is 0.407 e. The molecule has 1 aliphatic heterocycles. The Labute approximate surface area is 164 Å². The van der Waals surface area contributed by atoms with Crippen molar-refractivity contribution in [2.24, 2.45) is 5.92 Å². The van der Waals surface area contributed by atoms with Gasteiger partial charge >= 0.3 is 6.09 Å². The number of aromatic nitrogens is 2. The monoisotopic (exact) mass is 385 g/mol. The SMILES string of the molecule is COC(=O)N[C@H](C(=O)N1CCC[C@@H]1c1ncc(-c2ccc(N)cc2)[nH]1)C(C)C. The van der Waals surface area contributed by atoms with Crippen molar-refractivity contribution in [2.45, 2.75) is 38.8 Å². The van der Waals surface area contributed by atoms with Gasteiger partial charge in [-0.25, -0.2) is 9.78 Å². The van der Waals surface area contributed by atoms with Gasteiger partial charge in [-0.05, 0) is 36.5 Å². The minimum absolute atomic E-state index is 0.0604. The van der Waals surface area contributed by atoms with Gasteiger partial charge in [0, 0.05) is 12.2 Å². The number of anilines is 1. The van der Waals surface area contributed by atoms with Gasteiger partial charge in [-0.2, -0.15) is 0 Å². The number of nitrogens with two attached hydrogens (primary N) is 1. The van der Waals surface area contributed by atoms with Gasteiger partial charge < -0.3 is 25.7 Å². The van der Waals surface area contributed by atoms with Gasteiger partial charge in [0.05, 0.1) is 25.0 Å². The molecular formula is C20H27N5O3. The predicted octanol–water partition coefficient (Wildman–Crippen LogP) is 2.70. The van der Waals surface area contributed by atoms with E-state index in [1.54, 1.807) is 11.1 Å². The number of aromatic amines is 1. The van der Waals surface area contributed by atoms with Gasteiger partial charge in [-0.1, -0.05) is 26.0 Å². The molecule has 0 saturated carbocycles. The van der Waals surface area contributed by atoms with Gasteiger partial charge in [0.1, 0.15) is 11.9 Å². The van der Waals surface area contributed by atoms with E-state index < -0.39 is 12.1 Å². The maximum absolute atomic E-state index is 13.1. The molecule has 4 N–H and O–H groups in total. The summed E-state index contributed by atoms with van der Waals surface area (Å²) in [6.45, 7) is 4.43. The molecule has 0 unspecified atom stereocenters. The summed E-state index contributed by atoms with van der Waals surface area (Å²) in [5, 5.41) is 2.66. The third-order valence-electron chi connectivity index (χ3n) is 5.06. The molecule has 0 radical (unpaired) electrons. The summed E-state index contributed by atoms with van der Waals surface area (Å²) in [4.78, 5) is 34.4. The molecular weight excluding hydrogens is 358 g/mol. The van der Waals surface area contributed by atoms with Crippen molar-refractivity contribution < 1.29 is 14.3 Å². The number of nitrogens with one attached hydrogen (secondary N) is 2. The van der Waals surface area contributed by atoms with E-state index in [2.05, 4.69) is 20.0 Å². The summed E-state index contributed by atoms with van der Waals surface area (Å²) >= 11 is 0. The molecule has 28 heavy (non-hydrogen) atoms. The number of likely N-dealkylation sites (tertiary alicyclic amines) is 1. The predicted molar refractivity (Wildman–Crippen MR) is 106 cm³/mol. The van der Waals surface area contributed by atoms with Gasteiger partial charge in [0.15, 0.2) is 0 Å². The molecule has 1 aliphatic rings. The maximum Gasteiger partial charge on any atom is 0.407 e. The molecule has 2 amide bonds. The number of hydrogen-bond acceptors (Lipinski definition) is 5. The minimum atomic E-state index is -0.639. The molecule has 1 saturated heterocycles. The van der Waals surface area contributed by atoms with Crippen LogP contribution in [0, 0.1) is 5.92 Å². The zero-order chi connectivity index (χ0) is 20.3. The van der Waals surface area contributed by atoms with Crippen molar-refractivity contribution in [3.8, 4) is 11.3 Å². The van der Waals surface area contributed by atoms with Crippen molar-refractivity contribution in [1.29, 1.82) is 0 Å². The highest BCUT2D eigenvalue weighted by atomic mass is 16.5. The van der Waals surface area contributed by atoms with E-state index in [4.69, 9.17) is 5.73 Å². The van der Waals surface area contributed by atoms with Crippen molar-refractivity contribution in [3.63, 3.8) is 0 Å². The van der Waals surface area contributed by atoms with E-state index in [1.165, 1.54) is 7.11 Å². The van der Waals surface area contributed by atoms with Gasteiger partial charge in [0.25, 0.3) is 0 Å². The Morgan fingerprint density at radius 2 is 2.04 bits per heavy atom. The second-order valence-corrected chi connectivity index (χ2v) is 7.35. The number of alkyl carbamates (subject to hydrolysis) is 1. The number of H-pyrrole nitrogens is 1. The zero-order valence-electron chi connectivity index (χ0n) is 16.4. The van der Waals surface area contributed by atoms with Crippen LogP contribution in [0.5, 0.6) is 0 Å². The topological polar surface area (TPSA) is 113 Å². The molecule has 8 heteroatoms. The molecule has 0 aliphatic carbocycles. The Morgan fingerprint density at radius 1 is 1.32 bits per heavy atom. The number of hydrogen-bond donors (Lipinski definition) is 3. The molecule has 150 valence electrons. The number of carbonyl (C=O) groups excluding carboxylic acids is 2. The number of rotatable bonds is 5. The number of carbonyl (C=O) groups is 2. The fourth-order valence-corrected chi connectivity index (χ4v) is 3.51. The first kappa shape index (κ1) is 19.7. The van der Waals surface area contributed by atoms with Crippen molar-refractivity contribution >= 4 is 17.7 Å². The number of amides is 2. The lowest BCUT2D eigenvalue weighted by Crippen LogP contribution is -2.51. The van der Waals surface area contributed by atoms with E-state index in [1.807, 2.05) is 38.1 Å². The van der Waals surface area contributed by atoms with Crippen LogP contribution in [0.2, 0.25) is 0 Å². The Bertz CT molecular complexity index is 831. The van der Waals surface area contributed by atoms with Crippen LogP contribution < -0.4 is 11.1 Å². The Balaban J connectivity index is 1.79. The zero-order valence-corrected chi connectivity index (χ0v) is 16.4. The average Bonchev–Trinajstić information content (AvgIpc) is 3.34. The van der Waals surface area contributed by atoms with Crippen LogP contribution in [-0.4, -0.2) is 46.6 Å². The third kappa shape index (κ3) is 4.11. The summed E-state index contributed by atoms with van der Waals surface area (Å²) in [5.74, 6) is 0.571. The lowest BCUT2D eigenvalue weighted by molar-refractivity contribution is -0.135. The summed E-state index contributed by atoms with van der Waals surface area (Å²) in [6, 6.07) is 6.76. The fourth-order valence-electron chi connectivity index (χ4n) is 3.51. The average molecular weight is 385 g/mol. The molecule has 0 bridgehead atoms. The minimum Gasteiger partial charge on any atom is -0.453 e. The Morgan fingerprint density at radius 3 is 2.68 bits per heavy atom. The van der Waals surface area contributed by atoms with Crippen LogP contribution in [0.1, 0.15) is 38.6 Å². The summed E-state index contributed by atoms with van der Waals surface area (Å²) < 4.78 is 4.67. The van der Waals surface area contributed by atoms with E-state index in [0.717, 1.165) is 29.9 Å². The quantitative estimate of drug-likeness (QED) is 0.685. The van der Waals surface area contributed by atoms with E-state index in [0.29, 0.717) is 12.2 Å². The number of nitrogen functional groups attached to an aromatic ring is 1. The molecule has 1 aromatic heterocycles. The largest absolute Gasteiger partial charge is 0.453 e. The lowest BCUT2D eigenvalue weighted by atomic mass is 10.0. The van der Waals surface area contributed by atoms with Crippen LogP contribution in [0.4, 0.5) is 10.5 Å². The molecule has 2 atom stereocenters. The molecule has 0 spiro atoms. The highest BCUT2D eigenvalue weighted by Gasteiger charge is 2.37. The molecule has 3 rings (SSSR count). The van der Waals surface area contributed by atoms with Gasteiger partial charge in [-0.3, -0.25) is 4.79 Å². The lowest BCUT2D eigenvalue weighted by Gasteiger charge is -2.30. The van der Waals surface area contributed by atoms with Gasteiger partial charge in [-0.15, -0.1) is 0 Å². The summed E-state index contributed by atoms with van der Waals surface area (Å²) in [7, 11) is 1.29. The third-order valence-corrected chi connectivity index (χ3v) is 5.06. The van der Waals surface area contributed by atoms with Crippen molar-refractivity contribution in [1.82, 2.24) is 20.2 Å². The van der Waals surface area contributed by atoms with E-state index in [9.17, 15) is 9.59 Å². The fraction of sp³-hybridized carbons (Fsp3) is 0.450. The second-order valence-electron chi connectivity index (χ2n) is 7.35. The maximum atomic E-state index is 13.1. The standard InChI is InChI=1S/C20H27N5O3/c1-12(2)17(24-20(27)28-3)19(26)25-10-4-5-16(25)18-22-11-15(23-18)13-6-8-14(21)9-7-13/h6-9,11-12,16-17H,4-5,10,21H2,1-3H3,(H,22,23)(H,24,27)/t16-,17+/m1/s1. The van der Waals surface area contributed by atoms with Crippen LogP contribution in [0.15, 0.2) is 30.5 Å². The molecule has 2 aromatic rings. The van der Waals surface area contributed by atoms with Crippen LogP contribution >= 0.6 is 0 Å². The van der Waals surface area contributed by atoms with E-state index in [-0.39, 0.29) is 17.9 Å². The second kappa shape index (κ2) is 8.33. The summed E-state index contributed by atoms with van der Waals surface area (Å²) in [6.07, 6.45) is 2.88. The van der Waals surface area contributed by atoms with Crippen LogP contribution in [0.25, 0.3) is 11.3 Å². The number of methoxy groups -OCH3 is 1. The molecule has 8 nitrogen and oxygen atoms in total. The van der Waals surface area contributed by atoms with Crippen LogP contribution in [-0.2, 0) is 9.53 Å². The highest BCUT2D eigenvalue weighted by molar-refractivity contribution is 5.86. The summed E-state index contributed by atoms with van der Waals surface area (Å²) in [5.41, 5.74) is 8.31. The molecule has 1 fully saturated rings. The molecule has 2 heterocycles. The van der Waals surface area contributed by atoms with E-state index >= 15 is 0 Å². The first-order valence-electron chi connectivity index (χ1n) is 9.46. The number of nitrogens with zero attached hydrogens (tertiary/aromatic N) is 2. The first-order valence-corrected chi connectivity index (χ1v) is 9.46. The Kier molecular flexibility index (Phi) is 5.87. The number of ether oxygens (including phenoxy) is 1.